The molecule has 0 aromatic heterocycles. The topological polar surface area (TPSA) is 61.9 Å². The van der Waals surface area contributed by atoms with E-state index in [0.717, 1.165) is 45.4 Å². The Balaban J connectivity index is 1.42. The standard InChI is InChI=1S/C20H28ClN3O3/c21-18-8-2-1-7-17(18)20(26)22-14-16-6-5-10-23(15-16)19(25)9-12-24-11-3-4-13-27-24/h1-2,7-8,16H,3-6,9-15H2,(H,22,26)/t16-/m1/s1. The number of hydrogen-bond donors (Lipinski definition) is 1. The summed E-state index contributed by atoms with van der Waals surface area (Å²) in [4.78, 5) is 32.3. The summed E-state index contributed by atoms with van der Waals surface area (Å²) in [6.07, 6.45) is 4.70. The number of nitrogens with one attached hydrogen (secondary N) is 1. The molecule has 0 bridgehead atoms. The molecule has 0 unspecified atom stereocenters. The van der Waals surface area contributed by atoms with Gasteiger partial charge in [0.25, 0.3) is 5.91 Å². The number of carbonyl (C=O) groups excluding carboxylic acids is 2. The van der Waals surface area contributed by atoms with E-state index in [9.17, 15) is 9.59 Å². The fourth-order valence-electron chi connectivity index (χ4n) is 3.64. The Hall–Kier alpha value is -1.63. The number of hydroxylamine groups is 2. The molecule has 2 saturated heterocycles. The number of piperidine rings is 1. The third kappa shape index (κ3) is 5.92. The highest BCUT2D eigenvalue weighted by Gasteiger charge is 2.25. The molecule has 1 atom stereocenters. The van der Waals surface area contributed by atoms with Crippen molar-refractivity contribution >= 4 is 23.4 Å². The van der Waals surface area contributed by atoms with Crippen LogP contribution >= 0.6 is 11.6 Å². The van der Waals surface area contributed by atoms with Gasteiger partial charge in [0, 0.05) is 39.1 Å². The van der Waals surface area contributed by atoms with Gasteiger partial charge in [-0.05, 0) is 43.7 Å². The number of carbonyl (C=O) groups is 2. The van der Waals surface area contributed by atoms with Crippen LogP contribution in [0.1, 0.15) is 42.5 Å². The van der Waals surface area contributed by atoms with Gasteiger partial charge < -0.3 is 10.2 Å². The highest BCUT2D eigenvalue weighted by molar-refractivity contribution is 6.33. The lowest BCUT2D eigenvalue weighted by Gasteiger charge is -2.33. The fourth-order valence-corrected chi connectivity index (χ4v) is 3.86. The molecule has 1 N–H and O–H groups in total. The molecular formula is C20H28ClN3O3. The van der Waals surface area contributed by atoms with Crippen molar-refractivity contribution in [1.82, 2.24) is 15.3 Å². The van der Waals surface area contributed by atoms with Crippen LogP contribution in [0.2, 0.25) is 5.02 Å². The minimum Gasteiger partial charge on any atom is -0.352 e. The van der Waals surface area contributed by atoms with Crippen molar-refractivity contribution in [3.05, 3.63) is 34.9 Å². The maximum absolute atomic E-state index is 12.5. The van der Waals surface area contributed by atoms with Gasteiger partial charge >= 0.3 is 0 Å². The molecule has 2 amide bonds. The van der Waals surface area contributed by atoms with Crippen LogP contribution in [0, 0.1) is 5.92 Å². The van der Waals surface area contributed by atoms with E-state index in [0.29, 0.717) is 36.6 Å². The van der Waals surface area contributed by atoms with Gasteiger partial charge in [0.2, 0.25) is 5.91 Å². The Morgan fingerprint density at radius 2 is 2.04 bits per heavy atom. The first kappa shape index (κ1) is 20.1. The average Bonchev–Trinajstić information content (AvgIpc) is 2.71. The Bertz CT molecular complexity index is 649. The first-order chi connectivity index (χ1) is 13.1. The van der Waals surface area contributed by atoms with Gasteiger partial charge in [-0.2, -0.15) is 5.06 Å². The Morgan fingerprint density at radius 1 is 1.19 bits per heavy atom. The molecule has 1 aromatic carbocycles. The minimum absolute atomic E-state index is 0.161. The highest BCUT2D eigenvalue weighted by Crippen LogP contribution is 2.18. The second kappa shape index (κ2) is 10.1. The molecular weight excluding hydrogens is 366 g/mol. The van der Waals surface area contributed by atoms with Crippen LogP contribution in [0.4, 0.5) is 0 Å². The summed E-state index contributed by atoms with van der Waals surface area (Å²) < 4.78 is 0. The number of nitrogens with zero attached hydrogens (tertiary/aromatic N) is 2. The van der Waals surface area contributed by atoms with E-state index in [1.807, 2.05) is 9.96 Å². The van der Waals surface area contributed by atoms with Gasteiger partial charge in [-0.15, -0.1) is 0 Å². The first-order valence-electron chi connectivity index (χ1n) is 9.82. The number of benzene rings is 1. The molecule has 2 aliphatic rings. The molecule has 1 aromatic rings. The lowest BCUT2D eigenvalue weighted by atomic mass is 9.97. The zero-order chi connectivity index (χ0) is 19.1. The third-order valence-corrected chi connectivity index (χ3v) is 5.52. The summed E-state index contributed by atoms with van der Waals surface area (Å²) >= 11 is 6.08. The fraction of sp³-hybridized carbons (Fsp3) is 0.600. The molecule has 2 fully saturated rings. The predicted octanol–water partition coefficient (Wildman–Crippen LogP) is 2.73. The number of likely N-dealkylation sites (tertiary alicyclic amines) is 1. The molecule has 0 aliphatic carbocycles. The van der Waals surface area contributed by atoms with Gasteiger partial charge in [-0.3, -0.25) is 14.4 Å². The molecule has 3 rings (SSSR count). The second-order valence-electron chi connectivity index (χ2n) is 7.26. The summed E-state index contributed by atoms with van der Waals surface area (Å²) in [6, 6.07) is 7.03. The van der Waals surface area contributed by atoms with E-state index < -0.39 is 0 Å². The van der Waals surface area contributed by atoms with Gasteiger partial charge in [0.05, 0.1) is 17.2 Å². The van der Waals surface area contributed by atoms with Crippen molar-refractivity contribution in [2.75, 3.05) is 39.3 Å². The highest BCUT2D eigenvalue weighted by atomic mass is 35.5. The largest absolute Gasteiger partial charge is 0.352 e. The molecule has 0 spiro atoms. The van der Waals surface area contributed by atoms with Gasteiger partial charge in [-0.25, -0.2) is 0 Å². The average molecular weight is 394 g/mol. The summed E-state index contributed by atoms with van der Waals surface area (Å²) in [5.41, 5.74) is 0.490. The van der Waals surface area contributed by atoms with Crippen molar-refractivity contribution in [3.63, 3.8) is 0 Å². The van der Waals surface area contributed by atoms with Crippen molar-refractivity contribution in [3.8, 4) is 0 Å². The van der Waals surface area contributed by atoms with Crippen molar-refractivity contribution in [2.45, 2.75) is 32.1 Å². The number of rotatable bonds is 6. The van der Waals surface area contributed by atoms with E-state index in [-0.39, 0.29) is 17.7 Å². The lowest BCUT2D eigenvalue weighted by molar-refractivity contribution is -0.182. The molecule has 2 heterocycles. The number of hydrogen-bond acceptors (Lipinski definition) is 4. The third-order valence-electron chi connectivity index (χ3n) is 5.19. The maximum Gasteiger partial charge on any atom is 0.252 e. The maximum atomic E-state index is 12.5. The molecule has 7 heteroatoms. The normalized spacial score (nSPS) is 21.1. The van der Waals surface area contributed by atoms with Crippen LogP contribution in [0.5, 0.6) is 0 Å². The Morgan fingerprint density at radius 3 is 2.81 bits per heavy atom. The van der Waals surface area contributed by atoms with Crippen LogP contribution in [-0.4, -0.2) is 61.1 Å². The number of halogens is 1. The first-order valence-corrected chi connectivity index (χ1v) is 10.2. The summed E-state index contributed by atoms with van der Waals surface area (Å²) in [5.74, 6) is 0.290. The predicted molar refractivity (Wildman–Crippen MR) is 104 cm³/mol. The van der Waals surface area contributed by atoms with Crippen LogP contribution in [0.15, 0.2) is 24.3 Å². The zero-order valence-corrected chi connectivity index (χ0v) is 16.4. The lowest BCUT2D eigenvalue weighted by Crippen LogP contribution is -2.44. The van der Waals surface area contributed by atoms with E-state index in [2.05, 4.69) is 5.32 Å². The molecule has 148 valence electrons. The minimum atomic E-state index is -0.161. The Kier molecular flexibility index (Phi) is 7.50. The van der Waals surface area contributed by atoms with Crippen LogP contribution in [0.25, 0.3) is 0 Å². The van der Waals surface area contributed by atoms with Gasteiger partial charge in [0.1, 0.15) is 0 Å². The van der Waals surface area contributed by atoms with Crippen LogP contribution < -0.4 is 5.32 Å². The van der Waals surface area contributed by atoms with Crippen LogP contribution in [0.3, 0.4) is 0 Å². The second-order valence-corrected chi connectivity index (χ2v) is 7.66. The van der Waals surface area contributed by atoms with Crippen molar-refractivity contribution in [1.29, 1.82) is 0 Å². The monoisotopic (exact) mass is 393 g/mol. The number of amides is 2. The molecule has 6 nitrogen and oxygen atoms in total. The van der Waals surface area contributed by atoms with E-state index in [1.165, 1.54) is 0 Å². The van der Waals surface area contributed by atoms with E-state index in [1.54, 1.807) is 24.3 Å². The van der Waals surface area contributed by atoms with Gasteiger partial charge in [-0.1, -0.05) is 23.7 Å². The molecule has 0 saturated carbocycles. The SMILES string of the molecule is O=C(NC[C@H]1CCCN(C(=O)CCN2CCCCO2)C1)c1ccccc1Cl. The molecule has 2 aliphatic heterocycles. The smallest absolute Gasteiger partial charge is 0.252 e. The van der Waals surface area contributed by atoms with E-state index in [4.69, 9.17) is 16.4 Å². The zero-order valence-electron chi connectivity index (χ0n) is 15.7. The van der Waals surface area contributed by atoms with Crippen molar-refractivity contribution < 1.29 is 14.4 Å². The Labute approximate surface area is 165 Å². The van der Waals surface area contributed by atoms with E-state index >= 15 is 0 Å². The summed E-state index contributed by atoms with van der Waals surface area (Å²) in [5, 5.41) is 5.33. The molecule has 0 radical (unpaired) electrons. The summed E-state index contributed by atoms with van der Waals surface area (Å²) in [6.45, 7) is 4.37. The van der Waals surface area contributed by atoms with Crippen LogP contribution in [-0.2, 0) is 9.63 Å². The summed E-state index contributed by atoms with van der Waals surface area (Å²) in [7, 11) is 0. The van der Waals surface area contributed by atoms with Gasteiger partial charge in [0.15, 0.2) is 0 Å². The van der Waals surface area contributed by atoms with Crippen molar-refractivity contribution in [2.24, 2.45) is 5.92 Å². The molecule has 27 heavy (non-hydrogen) atoms. The quantitative estimate of drug-likeness (QED) is 0.807.